The average Bonchev–Trinajstić information content (AvgIpc) is 2.97. The molecule has 1 aliphatic rings. The van der Waals surface area contributed by atoms with Crippen LogP contribution in [0.25, 0.3) is 0 Å². The van der Waals surface area contributed by atoms with Crippen LogP contribution in [0.5, 0.6) is 0 Å². The van der Waals surface area contributed by atoms with Gasteiger partial charge in [0.2, 0.25) is 5.91 Å². The number of amides is 1. The quantitative estimate of drug-likeness (QED) is 0.838. The molecule has 0 radical (unpaired) electrons. The van der Waals surface area contributed by atoms with Gasteiger partial charge in [0, 0.05) is 51.3 Å². The molecule has 0 aromatic carbocycles. The SMILES string of the molecule is Cc1cc(C)n(CC(=O)N2CCCN(Cc3nccn3C)CC2)n1. The molecule has 0 bridgehead atoms. The van der Waals surface area contributed by atoms with E-state index in [1.807, 2.05) is 44.3 Å². The lowest BCUT2D eigenvalue weighted by Crippen LogP contribution is -2.37. The molecule has 1 saturated heterocycles. The Hall–Kier alpha value is -2.15. The predicted molar refractivity (Wildman–Crippen MR) is 91.4 cm³/mol. The van der Waals surface area contributed by atoms with E-state index in [1.54, 1.807) is 4.68 Å². The molecule has 1 aliphatic heterocycles. The molecule has 3 rings (SSSR count). The van der Waals surface area contributed by atoms with Gasteiger partial charge in [-0.2, -0.15) is 5.10 Å². The van der Waals surface area contributed by atoms with Crippen molar-refractivity contribution in [2.24, 2.45) is 7.05 Å². The lowest BCUT2D eigenvalue weighted by Gasteiger charge is -2.22. The Morgan fingerprint density at radius 2 is 2.04 bits per heavy atom. The molecule has 2 aromatic rings. The topological polar surface area (TPSA) is 59.2 Å². The summed E-state index contributed by atoms with van der Waals surface area (Å²) >= 11 is 0. The van der Waals surface area contributed by atoms with E-state index in [-0.39, 0.29) is 5.91 Å². The van der Waals surface area contributed by atoms with Gasteiger partial charge in [-0.1, -0.05) is 0 Å². The molecular weight excluding hydrogens is 304 g/mol. The third kappa shape index (κ3) is 3.84. The first-order valence-electron chi connectivity index (χ1n) is 8.50. The second-order valence-electron chi connectivity index (χ2n) is 6.55. The number of carbonyl (C=O) groups excluding carboxylic acids is 1. The van der Waals surface area contributed by atoms with E-state index < -0.39 is 0 Å². The first-order chi connectivity index (χ1) is 11.5. The van der Waals surface area contributed by atoms with Crippen LogP contribution >= 0.6 is 0 Å². The van der Waals surface area contributed by atoms with E-state index in [4.69, 9.17) is 0 Å². The molecule has 2 aromatic heterocycles. The molecular formula is C17H26N6O. The Morgan fingerprint density at radius 3 is 2.71 bits per heavy atom. The molecule has 0 spiro atoms. The Morgan fingerprint density at radius 1 is 1.21 bits per heavy atom. The standard InChI is InChI=1S/C17H26N6O/c1-14-11-15(2)23(19-14)13-17(24)22-7-4-6-21(9-10-22)12-16-18-5-8-20(16)3/h5,8,11H,4,6-7,9-10,12-13H2,1-3H3. The van der Waals surface area contributed by atoms with Crippen LogP contribution in [-0.4, -0.2) is 61.2 Å². The second-order valence-corrected chi connectivity index (χ2v) is 6.55. The van der Waals surface area contributed by atoms with Gasteiger partial charge in [0.25, 0.3) is 0 Å². The van der Waals surface area contributed by atoms with Crippen LogP contribution in [0.15, 0.2) is 18.5 Å². The van der Waals surface area contributed by atoms with Crippen LogP contribution < -0.4 is 0 Å². The maximum atomic E-state index is 12.6. The van der Waals surface area contributed by atoms with E-state index in [1.165, 1.54) is 0 Å². The highest BCUT2D eigenvalue weighted by atomic mass is 16.2. The normalized spacial score (nSPS) is 16.4. The molecule has 1 amide bonds. The summed E-state index contributed by atoms with van der Waals surface area (Å²) in [6.07, 6.45) is 4.79. The van der Waals surface area contributed by atoms with Crippen LogP contribution in [0.2, 0.25) is 0 Å². The summed E-state index contributed by atoms with van der Waals surface area (Å²) in [5, 5.41) is 4.39. The van der Waals surface area contributed by atoms with Gasteiger partial charge in [0.15, 0.2) is 0 Å². The minimum absolute atomic E-state index is 0.153. The summed E-state index contributed by atoms with van der Waals surface area (Å²) in [5.41, 5.74) is 1.99. The first-order valence-corrected chi connectivity index (χ1v) is 8.50. The maximum absolute atomic E-state index is 12.6. The molecule has 0 saturated carbocycles. The molecule has 3 heterocycles. The van der Waals surface area contributed by atoms with E-state index in [0.29, 0.717) is 6.54 Å². The Bertz CT molecular complexity index is 704. The average molecular weight is 330 g/mol. The van der Waals surface area contributed by atoms with E-state index in [9.17, 15) is 4.79 Å². The van der Waals surface area contributed by atoms with Crippen molar-refractivity contribution >= 4 is 5.91 Å². The van der Waals surface area contributed by atoms with E-state index in [0.717, 1.165) is 56.4 Å². The molecule has 0 unspecified atom stereocenters. The van der Waals surface area contributed by atoms with Crippen molar-refractivity contribution in [1.82, 2.24) is 29.1 Å². The maximum Gasteiger partial charge on any atom is 0.244 e. The van der Waals surface area contributed by atoms with Gasteiger partial charge in [0.1, 0.15) is 12.4 Å². The van der Waals surface area contributed by atoms with Gasteiger partial charge in [0.05, 0.1) is 12.2 Å². The van der Waals surface area contributed by atoms with Crippen LogP contribution in [-0.2, 0) is 24.9 Å². The zero-order chi connectivity index (χ0) is 17.1. The van der Waals surface area contributed by atoms with E-state index in [2.05, 4.69) is 19.5 Å². The molecule has 7 heteroatoms. The summed E-state index contributed by atoms with van der Waals surface area (Å²) in [5.74, 6) is 1.22. The second kappa shape index (κ2) is 7.17. The number of imidazole rings is 1. The third-order valence-corrected chi connectivity index (χ3v) is 4.62. The predicted octanol–water partition coefficient (Wildman–Crippen LogP) is 0.968. The van der Waals surface area contributed by atoms with Gasteiger partial charge in [-0.05, 0) is 26.3 Å². The number of hydrogen-bond donors (Lipinski definition) is 0. The van der Waals surface area contributed by atoms with E-state index >= 15 is 0 Å². The lowest BCUT2D eigenvalue weighted by molar-refractivity contribution is -0.131. The van der Waals surface area contributed by atoms with Crippen molar-refractivity contribution < 1.29 is 4.79 Å². The fraction of sp³-hybridized carbons (Fsp3) is 0.588. The minimum atomic E-state index is 0.153. The summed E-state index contributed by atoms with van der Waals surface area (Å²) < 4.78 is 3.85. The molecule has 130 valence electrons. The van der Waals surface area contributed by atoms with Crippen molar-refractivity contribution in [3.63, 3.8) is 0 Å². The summed E-state index contributed by atoms with van der Waals surface area (Å²) in [6, 6.07) is 2.00. The van der Waals surface area contributed by atoms with Crippen molar-refractivity contribution in [3.8, 4) is 0 Å². The minimum Gasteiger partial charge on any atom is -0.340 e. The molecule has 0 N–H and O–H groups in total. The van der Waals surface area contributed by atoms with Crippen LogP contribution in [0.4, 0.5) is 0 Å². The first kappa shape index (κ1) is 16.7. The van der Waals surface area contributed by atoms with Crippen molar-refractivity contribution in [2.75, 3.05) is 26.2 Å². The monoisotopic (exact) mass is 330 g/mol. The van der Waals surface area contributed by atoms with Gasteiger partial charge in [-0.3, -0.25) is 14.4 Å². The highest BCUT2D eigenvalue weighted by molar-refractivity contribution is 5.76. The third-order valence-electron chi connectivity index (χ3n) is 4.62. The number of aryl methyl sites for hydroxylation is 3. The number of nitrogens with zero attached hydrogens (tertiary/aromatic N) is 6. The van der Waals surface area contributed by atoms with Crippen LogP contribution in [0, 0.1) is 13.8 Å². The zero-order valence-corrected chi connectivity index (χ0v) is 14.8. The molecule has 24 heavy (non-hydrogen) atoms. The summed E-state index contributed by atoms with van der Waals surface area (Å²) in [7, 11) is 2.02. The Labute approximate surface area is 142 Å². The van der Waals surface area contributed by atoms with Gasteiger partial charge >= 0.3 is 0 Å². The number of carbonyl (C=O) groups is 1. The van der Waals surface area contributed by atoms with Gasteiger partial charge in [-0.15, -0.1) is 0 Å². The highest BCUT2D eigenvalue weighted by Crippen LogP contribution is 2.09. The fourth-order valence-corrected chi connectivity index (χ4v) is 3.19. The van der Waals surface area contributed by atoms with Crippen molar-refractivity contribution in [3.05, 3.63) is 35.7 Å². The molecule has 0 atom stereocenters. The lowest BCUT2D eigenvalue weighted by atomic mass is 10.3. The smallest absolute Gasteiger partial charge is 0.244 e. The summed E-state index contributed by atoms with van der Waals surface area (Å²) in [4.78, 5) is 21.3. The highest BCUT2D eigenvalue weighted by Gasteiger charge is 2.20. The largest absolute Gasteiger partial charge is 0.340 e. The summed E-state index contributed by atoms with van der Waals surface area (Å²) in [6.45, 7) is 8.58. The van der Waals surface area contributed by atoms with Crippen molar-refractivity contribution in [2.45, 2.75) is 33.4 Å². The number of rotatable bonds is 4. The molecule has 0 aliphatic carbocycles. The van der Waals surface area contributed by atoms with Gasteiger partial charge < -0.3 is 9.47 Å². The molecule has 7 nitrogen and oxygen atoms in total. The number of aromatic nitrogens is 4. The Balaban J connectivity index is 1.56. The van der Waals surface area contributed by atoms with Gasteiger partial charge in [-0.25, -0.2) is 4.98 Å². The zero-order valence-electron chi connectivity index (χ0n) is 14.8. The fourth-order valence-electron chi connectivity index (χ4n) is 3.19. The Kier molecular flexibility index (Phi) is 4.99. The molecule has 1 fully saturated rings. The van der Waals surface area contributed by atoms with Crippen LogP contribution in [0.3, 0.4) is 0 Å². The van der Waals surface area contributed by atoms with Crippen molar-refractivity contribution in [1.29, 1.82) is 0 Å². The number of hydrogen-bond acceptors (Lipinski definition) is 4. The van der Waals surface area contributed by atoms with Crippen LogP contribution in [0.1, 0.15) is 23.6 Å².